The van der Waals surface area contributed by atoms with Crippen LogP contribution in [0, 0.1) is 28.6 Å². The van der Waals surface area contributed by atoms with Crippen molar-refractivity contribution in [3.63, 3.8) is 0 Å². The Bertz CT molecular complexity index is 862. The predicted molar refractivity (Wildman–Crippen MR) is 110 cm³/mol. The Labute approximate surface area is 176 Å². The molecule has 0 amide bonds. The molecule has 4 fully saturated rings. The standard InChI is InChI=1S/C24H34O6/c1-22-7-5-17-21(18(26)10-14-9-15(25)11-19(27)23(14,17)2)24(22,29)8-6-16(22)13-3-4-20(28)30-12-13/h3-4,12,14-19,21,25-27,29H,5-11H2,1-2H3/t14-,15+,16+,17-,18-,19+,21?,22+,23-,24-/m0/s1. The van der Waals surface area contributed by atoms with Crippen molar-refractivity contribution in [2.45, 2.75) is 88.6 Å². The average Bonchev–Trinajstić information content (AvgIpc) is 2.96. The highest BCUT2D eigenvalue weighted by Gasteiger charge is 2.70. The van der Waals surface area contributed by atoms with Crippen LogP contribution in [-0.4, -0.2) is 44.3 Å². The Kier molecular flexibility index (Phi) is 4.58. The van der Waals surface area contributed by atoms with Crippen molar-refractivity contribution in [2.75, 3.05) is 0 Å². The van der Waals surface area contributed by atoms with Gasteiger partial charge in [-0.2, -0.15) is 0 Å². The molecule has 1 heterocycles. The maximum Gasteiger partial charge on any atom is 0.335 e. The molecule has 4 aliphatic rings. The number of rotatable bonds is 1. The van der Waals surface area contributed by atoms with E-state index < -0.39 is 34.7 Å². The SMILES string of the molecule is C[C@@]12[C@@H](C[C@@H](O)C[C@H]1O)C[C@H](O)C1[C@@H]2CC[C@]2(C)[C@@H](c3ccc(=O)oc3)CC[C@]12O. The van der Waals surface area contributed by atoms with Crippen LogP contribution in [0.25, 0.3) is 0 Å². The minimum Gasteiger partial charge on any atom is -0.431 e. The molecule has 4 aliphatic carbocycles. The molecule has 30 heavy (non-hydrogen) atoms. The Morgan fingerprint density at radius 1 is 1.03 bits per heavy atom. The lowest BCUT2D eigenvalue weighted by Gasteiger charge is -2.65. The summed E-state index contributed by atoms with van der Waals surface area (Å²) in [5.74, 6) is -0.174. The topological polar surface area (TPSA) is 111 Å². The van der Waals surface area contributed by atoms with Crippen LogP contribution in [0.4, 0.5) is 0 Å². The number of hydrogen-bond acceptors (Lipinski definition) is 6. The van der Waals surface area contributed by atoms with Crippen LogP contribution in [0.3, 0.4) is 0 Å². The zero-order valence-electron chi connectivity index (χ0n) is 17.8. The summed E-state index contributed by atoms with van der Waals surface area (Å²) in [5.41, 5.74) is -1.33. The number of hydrogen-bond donors (Lipinski definition) is 4. The first kappa shape index (κ1) is 20.7. The number of aliphatic hydroxyl groups excluding tert-OH is 3. The van der Waals surface area contributed by atoms with E-state index in [9.17, 15) is 25.2 Å². The fraction of sp³-hybridized carbons (Fsp3) is 0.792. The highest BCUT2D eigenvalue weighted by Crippen LogP contribution is 2.70. The molecule has 10 atom stereocenters. The second kappa shape index (κ2) is 6.64. The van der Waals surface area contributed by atoms with Crippen molar-refractivity contribution in [1.29, 1.82) is 0 Å². The zero-order valence-corrected chi connectivity index (χ0v) is 17.8. The number of fused-ring (bicyclic) bond motifs is 5. The number of aliphatic hydroxyl groups is 4. The lowest BCUT2D eigenvalue weighted by molar-refractivity contribution is -0.258. The molecular formula is C24H34O6. The fourth-order valence-corrected chi connectivity index (χ4v) is 8.36. The third-order valence-corrected chi connectivity index (χ3v) is 10.0. The van der Waals surface area contributed by atoms with Crippen molar-refractivity contribution in [1.82, 2.24) is 0 Å². The quantitative estimate of drug-likeness (QED) is 0.556. The minimum atomic E-state index is -1.04. The van der Waals surface area contributed by atoms with Crippen molar-refractivity contribution < 1.29 is 24.8 Å². The van der Waals surface area contributed by atoms with Gasteiger partial charge in [0, 0.05) is 17.4 Å². The highest BCUT2D eigenvalue weighted by molar-refractivity contribution is 5.28. The molecule has 1 aromatic rings. The van der Waals surface area contributed by atoms with Crippen LogP contribution < -0.4 is 5.63 Å². The molecule has 0 saturated heterocycles. The second-order valence-electron chi connectivity index (χ2n) is 11.0. The van der Waals surface area contributed by atoms with Gasteiger partial charge in [-0.1, -0.05) is 13.8 Å². The molecule has 0 aromatic carbocycles. The summed E-state index contributed by atoms with van der Waals surface area (Å²) in [7, 11) is 0. The van der Waals surface area contributed by atoms with Crippen molar-refractivity contribution in [3.05, 3.63) is 34.4 Å². The second-order valence-corrected chi connectivity index (χ2v) is 11.0. The third-order valence-electron chi connectivity index (χ3n) is 10.0. The summed E-state index contributed by atoms with van der Waals surface area (Å²) in [4.78, 5) is 11.4. The maximum atomic E-state index is 12.2. The van der Waals surface area contributed by atoms with E-state index in [1.54, 1.807) is 6.07 Å². The largest absolute Gasteiger partial charge is 0.431 e. The molecule has 0 aliphatic heterocycles. The van der Waals surface area contributed by atoms with Crippen molar-refractivity contribution in [3.8, 4) is 0 Å². The van der Waals surface area contributed by atoms with E-state index in [4.69, 9.17) is 4.42 Å². The van der Waals surface area contributed by atoms with Gasteiger partial charge in [0.2, 0.25) is 0 Å². The molecule has 166 valence electrons. The van der Waals surface area contributed by atoms with Crippen LogP contribution >= 0.6 is 0 Å². The molecule has 1 aromatic heterocycles. The van der Waals surface area contributed by atoms with E-state index in [2.05, 4.69) is 13.8 Å². The zero-order chi connectivity index (χ0) is 21.5. The van der Waals surface area contributed by atoms with E-state index in [1.807, 2.05) is 0 Å². The summed E-state index contributed by atoms with van der Waals surface area (Å²) in [5, 5.41) is 44.7. The Morgan fingerprint density at radius 3 is 2.50 bits per heavy atom. The molecule has 0 bridgehead atoms. The van der Waals surface area contributed by atoms with Crippen LogP contribution in [0.15, 0.2) is 27.6 Å². The van der Waals surface area contributed by atoms with Crippen molar-refractivity contribution >= 4 is 0 Å². The Hall–Kier alpha value is -1.21. The summed E-state index contributed by atoms with van der Waals surface area (Å²) in [6.45, 7) is 4.23. The monoisotopic (exact) mass is 418 g/mol. The van der Waals surface area contributed by atoms with Crippen LogP contribution in [0.1, 0.15) is 70.3 Å². The van der Waals surface area contributed by atoms with Gasteiger partial charge in [0.05, 0.1) is 30.2 Å². The molecule has 6 nitrogen and oxygen atoms in total. The van der Waals surface area contributed by atoms with Crippen LogP contribution in [0.2, 0.25) is 0 Å². The first-order valence-corrected chi connectivity index (χ1v) is 11.5. The van der Waals surface area contributed by atoms with E-state index in [0.717, 1.165) is 24.8 Å². The van der Waals surface area contributed by atoms with Crippen LogP contribution in [-0.2, 0) is 0 Å². The highest BCUT2D eigenvalue weighted by atomic mass is 16.4. The molecule has 0 radical (unpaired) electrons. The molecule has 1 unspecified atom stereocenters. The smallest absolute Gasteiger partial charge is 0.335 e. The minimum absolute atomic E-state index is 0.0132. The van der Waals surface area contributed by atoms with E-state index >= 15 is 0 Å². The van der Waals surface area contributed by atoms with Gasteiger partial charge in [0.25, 0.3) is 0 Å². The first-order valence-electron chi connectivity index (χ1n) is 11.5. The van der Waals surface area contributed by atoms with E-state index in [-0.39, 0.29) is 29.3 Å². The van der Waals surface area contributed by atoms with Gasteiger partial charge in [0.1, 0.15) is 0 Å². The molecular weight excluding hydrogens is 384 g/mol. The van der Waals surface area contributed by atoms with Gasteiger partial charge in [-0.3, -0.25) is 0 Å². The first-order chi connectivity index (χ1) is 14.1. The Morgan fingerprint density at radius 2 is 1.80 bits per heavy atom. The molecule has 6 heteroatoms. The normalized spacial score (nSPS) is 52.9. The van der Waals surface area contributed by atoms with Crippen molar-refractivity contribution in [2.24, 2.45) is 28.6 Å². The summed E-state index contributed by atoms with van der Waals surface area (Å²) >= 11 is 0. The summed E-state index contributed by atoms with van der Waals surface area (Å²) < 4.78 is 5.12. The van der Waals surface area contributed by atoms with Gasteiger partial charge in [-0.25, -0.2) is 4.79 Å². The average molecular weight is 419 g/mol. The third kappa shape index (κ3) is 2.54. The lowest BCUT2D eigenvalue weighted by atomic mass is 9.42. The fourth-order valence-electron chi connectivity index (χ4n) is 8.36. The maximum absolute atomic E-state index is 12.2. The Balaban J connectivity index is 1.54. The van der Waals surface area contributed by atoms with Crippen LogP contribution in [0.5, 0.6) is 0 Å². The molecule has 4 N–H and O–H groups in total. The van der Waals surface area contributed by atoms with E-state index in [0.29, 0.717) is 25.7 Å². The van der Waals surface area contributed by atoms with Gasteiger partial charge >= 0.3 is 5.63 Å². The summed E-state index contributed by atoms with van der Waals surface area (Å²) in [6.07, 6.45) is 4.19. The van der Waals surface area contributed by atoms with Gasteiger partial charge < -0.3 is 24.8 Å². The molecule has 5 rings (SSSR count). The molecule has 0 spiro atoms. The summed E-state index contributed by atoms with van der Waals surface area (Å²) in [6, 6.07) is 3.24. The predicted octanol–water partition coefficient (Wildman–Crippen LogP) is 2.18. The van der Waals surface area contributed by atoms with Gasteiger partial charge in [0.15, 0.2) is 0 Å². The van der Waals surface area contributed by atoms with E-state index in [1.165, 1.54) is 12.3 Å². The van der Waals surface area contributed by atoms with Gasteiger partial charge in [-0.15, -0.1) is 0 Å². The molecule has 4 saturated carbocycles. The lowest BCUT2D eigenvalue weighted by Crippen LogP contribution is -2.68. The van der Waals surface area contributed by atoms with Gasteiger partial charge in [-0.05, 0) is 79.7 Å².